The predicted molar refractivity (Wildman–Crippen MR) is 121 cm³/mol. The molecule has 32 heavy (non-hydrogen) atoms. The van der Waals surface area contributed by atoms with E-state index < -0.39 is 48.0 Å². The van der Waals surface area contributed by atoms with E-state index in [9.17, 15) is 25.2 Å². The first kappa shape index (κ1) is 26.2. The molecule has 3 aliphatic rings. The molecule has 0 spiro atoms. The van der Waals surface area contributed by atoms with Crippen LogP contribution < -0.4 is 10.6 Å². The van der Waals surface area contributed by atoms with Gasteiger partial charge in [0, 0.05) is 13.2 Å². The van der Waals surface area contributed by atoms with Gasteiger partial charge in [-0.1, -0.05) is 13.8 Å². The zero-order chi connectivity index (χ0) is 23.6. The average Bonchev–Trinajstić information content (AvgIpc) is 3.02. The quantitative estimate of drug-likeness (QED) is 0.286. The van der Waals surface area contributed by atoms with Crippen LogP contribution >= 0.6 is 11.8 Å². The normalized spacial score (nSPS) is 42.2. The van der Waals surface area contributed by atoms with Gasteiger partial charge >= 0.3 is 0 Å². The molecule has 0 aromatic heterocycles. The molecular weight excluding hydrogens is 436 g/mol. The summed E-state index contributed by atoms with van der Waals surface area (Å²) in [4.78, 5) is 13.2. The van der Waals surface area contributed by atoms with Crippen molar-refractivity contribution >= 4 is 17.7 Å². The molecule has 3 rings (SSSR count). The number of fused-ring (bicyclic) bond motifs is 1. The van der Waals surface area contributed by atoms with Gasteiger partial charge in [-0.15, -0.1) is 11.8 Å². The highest BCUT2D eigenvalue weighted by Crippen LogP contribution is 2.34. The predicted octanol–water partition coefficient (Wildman–Crippen LogP) is -0.548. The van der Waals surface area contributed by atoms with Crippen LogP contribution in [0.25, 0.3) is 0 Å². The molecule has 0 aromatic rings. The summed E-state index contributed by atoms with van der Waals surface area (Å²) in [5.41, 5.74) is -0.784. The Kier molecular flexibility index (Phi) is 9.24. The van der Waals surface area contributed by atoms with Crippen molar-refractivity contribution in [2.75, 3.05) is 19.4 Å². The van der Waals surface area contributed by atoms with Gasteiger partial charge in [0.15, 0.2) is 0 Å². The fourth-order valence-corrected chi connectivity index (χ4v) is 6.05. The summed E-state index contributed by atoms with van der Waals surface area (Å²) in [5, 5.41) is 47.3. The molecule has 0 radical (unpaired) electrons. The van der Waals surface area contributed by atoms with Gasteiger partial charge < -0.3 is 40.5 Å². The highest BCUT2D eigenvalue weighted by Gasteiger charge is 2.49. The van der Waals surface area contributed by atoms with Crippen LogP contribution in [0.4, 0.5) is 0 Å². The summed E-state index contributed by atoms with van der Waals surface area (Å²) < 4.78 is 11.9. The van der Waals surface area contributed by atoms with Gasteiger partial charge in [-0.25, -0.2) is 0 Å². The minimum Gasteiger partial charge on any atom is -0.391 e. The van der Waals surface area contributed by atoms with Crippen LogP contribution in [0.3, 0.4) is 0 Å². The van der Waals surface area contributed by atoms with Crippen LogP contribution in [-0.2, 0) is 14.3 Å². The smallest absolute Gasteiger partial charge is 0.240 e. The van der Waals surface area contributed by atoms with Crippen LogP contribution in [0.15, 0.2) is 0 Å². The van der Waals surface area contributed by atoms with Crippen molar-refractivity contribution in [3.8, 4) is 0 Å². The van der Waals surface area contributed by atoms with Crippen molar-refractivity contribution in [1.82, 2.24) is 10.6 Å². The third kappa shape index (κ3) is 5.78. The lowest BCUT2D eigenvalue weighted by molar-refractivity contribution is -0.211. The second-order valence-electron chi connectivity index (χ2n) is 9.95. The molecule has 186 valence electrons. The standard InChI is InChI=1S/C22H40N2O7S/c1-10(2)7-12-5-6-30-19-13(8-12)9-23-15(19)21(29)24-14(11(3)25)20-17(27)16(26)18(28)22(31-20)32-4/h10-20,22-23,25-28H,5-9H2,1-4H3,(H,24,29)/t11-,12+,13+,14-,15+,16?,17?,18?,19-,20?,22?/m1/s1. The Balaban J connectivity index is 1.68. The number of carbonyl (C=O) groups excluding carboxylic acids is 1. The van der Waals surface area contributed by atoms with E-state index in [2.05, 4.69) is 24.5 Å². The number of aliphatic hydroxyl groups is 4. The molecule has 0 bridgehead atoms. The summed E-state index contributed by atoms with van der Waals surface area (Å²) in [6, 6.07) is -1.53. The van der Waals surface area contributed by atoms with E-state index in [1.54, 1.807) is 6.26 Å². The zero-order valence-electron chi connectivity index (χ0n) is 19.4. The van der Waals surface area contributed by atoms with E-state index >= 15 is 0 Å². The van der Waals surface area contributed by atoms with E-state index in [0.29, 0.717) is 25.0 Å². The molecule has 3 saturated heterocycles. The molecule has 0 aliphatic carbocycles. The molecule has 5 unspecified atom stereocenters. The van der Waals surface area contributed by atoms with Crippen LogP contribution in [0.5, 0.6) is 0 Å². The second-order valence-corrected chi connectivity index (χ2v) is 10.9. The molecule has 1 amide bonds. The monoisotopic (exact) mass is 476 g/mol. The third-order valence-electron chi connectivity index (χ3n) is 6.97. The maximum atomic E-state index is 13.2. The molecule has 3 heterocycles. The van der Waals surface area contributed by atoms with Gasteiger partial charge in [0.1, 0.15) is 35.9 Å². The molecule has 3 fully saturated rings. The molecule has 0 saturated carbocycles. The van der Waals surface area contributed by atoms with E-state index in [1.165, 1.54) is 18.7 Å². The van der Waals surface area contributed by atoms with Crippen molar-refractivity contribution in [3.05, 3.63) is 0 Å². The van der Waals surface area contributed by atoms with Crippen molar-refractivity contribution < 1.29 is 34.7 Å². The topological polar surface area (TPSA) is 141 Å². The average molecular weight is 477 g/mol. The fraction of sp³-hybridized carbons (Fsp3) is 0.955. The Hall–Kier alpha value is -0.460. The minimum atomic E-state index is -1.46. The van der Waals surface area contributed by atoms with Crippen molar-refractivity contribution in [2.45, 2.75) is 94.2 Å². The van der Waals surface area contributed by atoms with Crippen molar-refractivity contribution in [2.24, 2.45) is 17.8 Å². The summed E-state index contributed by atoms with van der Waals surface area (Å²) >= 11 is 1.19. The maximum Gasteiger partial charge on any atom is 0.240 e. The lowest BCUT2D eigenvalue weighted by Crippen LogP contribution is -2.66. The number of hydrogen-bond acceptors (Lipinski definition) is 9. The van der Waals surface area contributed by atoms with E-state index in [-0.39, 0.29) is 17.9 Å². The summed E-state index contributed by atoms with van der Waals surface area (Å²) in [6.07, 6.45) is -1.66. The molecule has 0 aromatic carbocycles. The first-order valence-corrected chi connectivity index (χ1v) is 13.0. The number of thioether (sulfide) groups is 1. The van der Waals surface area contributed by atoms with Gasteiger partial charge in [0.25, 0.3) is 0 Å². The molecule has 3 aliphatic heterocycles. The van der Waals surface area contributed by atoms with Crippen LogP contribution in [0, 0.1) is 17.8 Å². The minimum absolute atomic E-state index is 0.245. The zero-order valence-corrected chi connectivity index (χ0v) is 20.2. The van der Waals surface area contributed by atoms with Crippen LogP contribution in [0.1, 0.15) is 40.0 Å². The number of hydrogen-bond donors (Lipinski definition) is 6. The van der Waals surface area contributed by atoms with Crippen molar-refractivity contribution in [3.63, 3.8) is 0 Å². The highest BCUT2D eigenvalue weighted by molar-refractivity contribution is 7.99. The Morgan fingerprint density at radius 2 is 1.91 bits per heavy atom. The maximum absolute atomic E-state index is 13.2. The van der Waals surface area contributed by atoms with E-state index in [0.717, 1.165) is 19.3 Å². The number of nitrogens with one attached hydrogen (secondary N) is 2. The van der Waals surface area contributed by atoms with E-state index in [4.69, 9.17) is 9.47 Å². The number of rotatable bonds is 7. The second kappa shape index (κ2) is 11.3. The number of carbonyl (C=O) groups is 1. The summed E-state index contributed by atoms with van der Waals surface area (Å²) in [7, 11) is 0. The van der Waals surface area contributed by atoms with Crippen LogP contribution in [0.2, 0.25) is 0 Å². The molecule has 10 heteroatoms. The van der Waals surface area contributed by atoms with Gasteiger partial charge in [-0.05, 0) is 50.2 Å². The number of ether oxygens (including phenoxy) is 2. The first-order valence-electron chi connectivity index (χ1n) is 11.7. The van der Waals surface area contributed by atoms with Gasteiger partial charge in [0.05, 0.1) is 18.2 Å². The fourth-order valence-electron chi connectivity index (χ4n) is 5.37. The van der Waals surface area contributed by atoms with Gasteiger partial charge in [-0.3, -0.25) is 4.79 Å². The first-order chi connectivity index (χ1) is 15.1. The lowest BCUT2D eigenvalue weighted by Gasteiger charge is -2.44. The Morgan fingerprint density at radius 3 is 2.53 bits per heavy atom. The van der Waals surface area contributed by atoms with Gasteiger partial charge in [-0.2, -0.15) is 0 Å². The Bertz CT molecular complexity index is 623. The lowest BCUT2D eigenvalue weighted by atomic mass is 9.85. The molecule has 9 nitrogen and oxygen atoms in total. The molecule has 6 N–H and O–H groups in total. The SMILES string of the molecule is CSC1OC([C@H](NC(=O)[C@H]2NC[C@@H]3C[C@H](CC(C)C)CCO[C@H]32)[C@@H](C)O)C(O)C(O)C1O. The molecular formula is C22H40N2O7S. The Morgan fingerprint density at radius 1 is 1.19 bits per heavy atom. The third-order valence-corrected chi connectivity index (χ3v) is 7.83. The molecule has 11 atom stereocenters. The number of amides is 1. The van der Waals surface area contributed by atoms with Crippen molar-refractivity contribution in [1.29, 1.82) is 0 Å². The highest BCUT2D eigenvalue weighted by atomic mass is 32.2. The van der Waals surface area contributed by atoms with E-state index in [1.807, 2.05) is 0 Å². The van der Waals surface area contributed by atoms with Crippen LogP contribution in [-0.4, -0.2) is 99.9 Å². The van der Waals surface area contributed by atoms with Gasteiger partial charge in [0.2, 0.25) is 5.91 Å². The Labute approximate surface area is 194 Å². The summed E-state index contributed by atoms with van der Waals surface area (Å²) in [5.74, 6) is 1.12. The number of aliphatic hydroxyl groups excluding tert-OH is 4. The largest absolute Gasteiger partial charge is 0.391 e. The summed E-state index contributed by atoms with van der Waals surface area (Å²) in [6.45, 7) is 7.26.